The first kappa shape index (κ1) is 9.24. The minimum Gasteiger partial charge on any atom is -0.389 e. The van der Waals surface area contributed by atoms with Gasteiger partial charge >= 0.3 is 0 Å². The summed E-state index contributed by atoms with van der Waals surface area (Å²) in [4.78, 5) is 0. The number of rotatable bonds is 1. The van der Waals surface area contributed by atoms with Crippen molar-refractivity contribution in [1.29, 1.82) is 5.26 Å². The number of hydrogen-bond acceptors (Lipinski definition) is 2. The van der Waals surface area contributed by atoms with Gasteiger partial charge in [-0.2, -0.15) is 5.26 Å². The summed E-state index contributed by atoms with van der Waals surface area (Å²) < 4.78 is 0.759. The average molecular weight is 226 g/mol. The highest BCUT2D eigenvalue weighted by Gasteiger charge is 2.04. The third-order valence-corrected chi connectivity index (χ3v) is 2.28. The van der Waals surface area contributed by atoms with Crippen molar-refractivity contribution in [3.63, 3.8) is 0 Å². The van der Waals surface area contributed by atoms with Gasteiger partial charge in [0.05, 0.1) is 11.7 Å². The minimum absolute atomic E-state index is 0.523. The van der Waals surface area contributed by atoms with Crippen LogP contribution in [-0.2, 0) is 0 Å². The van der Waals surface area contributed by atoms with E-state index in [9.17, 15) is 5.11 Å². The van der Waals surface area contributed by atoms with E-state index in [-0.39, 0.29) is 0 Å². The fourth-order valence-electron chi connectivity index (χ4n) is 0.888. The van der Waals surface area contributed by atoms with Crippen molar-refractivity contribution in [3.8, 4) is 6.07 Å². The van der Waals surface area contributed by atoms with Gasteiger partial charge in [-0.1, -0.05) is 6.07 Å². The highest BCUT2D eigenvalue weighted by molar-refractivity contribution is 9.10. The summed E-state index contributed by atoms with van der Waals surface area (Å²) in [5.41, 5.74) is 1.31. The van der Waals surface area contributed by atoms with Gasteiger partial charge in [-0.05, 0) is 40.5 Å². The lowest BCUT2D eigenvalue weighted by Crippen LogP contribution is -1.91. The maximum atomic E-state index is 9.21. The van der Waals surface area contributed by atoms with Crippen molar-refractivity contribution in [2.75, 3.05) is 0 Å². The van der Waals surface area contributed by atoms with E-state index in [0.29, 0.717) is 5.56 Å². The monoisotopic (exact) mass is 225 g/mol. The molecular formula is C9H8BrNO. The van der Waals surface area contributed by atoms with Crippen LogP contribution in [0.25, 0.3) is 0 Å². The standard InChI is InChI=1S/C9H8BrNO/c1-6(12)7-2-3-9(10)8(4-7)5-11/h2-4,6,12H,1H3. The molecule has 1 rings (SSSR count). The third-order valence-electron chi connectivity index (χ3n) is 1.59. The summed E-state index contributed by atoms with van der Waals surface area (Å²) in [7, 11) is 0. The molecule has 0 fully saturated rings. The van der Waals surface area contributed by atoms with E-state index in [4.69, 9.17) is 5.26 Å². The van der Waals surface area contributed by atoms with E-state index in [1.165, 1.54) is 0 Å². The zero-order valence-corrected chi connectivity index (χ0v) is 8.17. The summed E-state index contributed by atoms with van der Waals surface area (Å²) in [6, 6.07) is 7.26. The number of benzene rings is 1. The highest BCUT2D eigenvalue weighted by atomic mass is 79.9. The van der Waals surface area contributed by atoms with Crippen LogP contribution in [0.3, 0.4) is 0 Å². The molecule has 0 radical (unpaired) electrons. The number of hydrogen-bond donors (Lipinski definition) is 1. The van der Waals surface area contributed by atoms with Crippen molar-refractivity contribution >= 4 is 15.9 Å². The summed E-state index contributed by atoms with van der Waals surface area (Å²) >= 11 is 3.24. The second-order valence-electron chi connectivity index (χ2n) is 2.53. The molecule has 0 aliphatic carbocycles. The molecule has 0 saturated carbocycles. The van der Waals surface area contributed by atoms with Crippen molar-refractivity contribution in [3.05, 3.63) is 33.8 Å². The molecular weight excluding hydrogens is 218 g/mol. The zero-order valence-electron chi connectivity index (χ0n) is 6.58. The first-order valence-electron chi connectivity index (χ1n) is 3.52. The van der Waals surface area contributed by atoms with Gasteiger partial charge in [0.25, 0.3) is 0 Å². The maximum Gasteiger partial charge on any atom is 0.100 e. The quantitative estimate of drug-likeness (QED) is 0.798. The van der Waals surface area contributed by atoms with E-state index in [0.717, 1.165) is 10.0 Å². The van der Waals surface area contributed by atoms with Crippen LogP contribution in [-0.4, -0.2) is 5.11 Å². The van der Waals surface area contributed by atoms with Crippen LogP contribution in [0.1, 0.15) is 24.2 Å². The average Bonchev–Trinajstić information content (AvgIpc) is 2.05. The van der Waals surface area contributed by atoms with Gasteiger partial charge in [0.1, 0.15) is 6.07 Å². The first-order valence-corrected chi connectivity index (χ1v) is 4.32. The van der Waals surface area contributed by atoms with Crippen molar-refractivity contribution in [1.82, 2.24) is 0 Å². The Morgan fingerprint density at radius 1 is 1.58 bits per heavy atom. The van der Waals surface area contributed by atoms with E-state index >= 15 is 0 Å². The SMILES string of the molecule is CC(O)c1ccc(Br)c(C#N)c1. The molecule has 1 aromatic rings. The number of aliphatic hydroxyl groups is 1. The van der Waals surface area contributed by atoms with Crippen molar-refractivity contribution in [2.45, 2.75) is 13.0 Å². The van der Waals surface area contributed by atoms with E-state index in [1.807, 2.05) is 6.07 Å². The molecule has 0 aliphatic heterocycles. The summed E-state index contributed by atoms with van der Waals surface area (Å²) in [6.45, 7) is 1.67. The van der Waals surface area contributed by atoms with Crippen LogP contribution in [0.4, 0.5) is 0 Å². The van der Waals surface area contributed by atoms with Crippen molar-refractivity contribution < 1.29 is 5.11 Å². The minimum atomic E-state index is -0.523. The number of nitriles is 1. The van der Waals surface area contributed by atoms with Crippen LogP contribution < -0.4 is 0 Å². The summed E-state index contributed by atoms with van der Waals surface area (Å²) in [6.07, 6.45) is -0.523. The molecule has 0 heterocycles. The molecule has 2 nitrogen and oxygen atoms in total. The van der Waals surface area contributed by atoms with Crippen LogP contribution in [0.15, 0.2) is 22.7 Å². The lowest BCUT2D eigenvalue weighted by molar-refractivity contribution is 0.199. The van der Waals surface area contributed by atoms with Gasteiger partial charge in [-0.3, -0.25) is 0 Å². The molecule has 0 spiro atoms. The Hall–Kier alpha value is -0.850. The Balaban J connectivity index is 3.16. The van der Waals surface area contributed by atoms with Gasteiger partial charge in [0, 0.05) is 4.47 Å². The van der Waals surface area contributed by atoms with Crippen LogP contribution >= 0.6 is 15.9 Å². The molecule has 1 atom stereocenters. The Bertz CT molecular complexity index is 328. The zero-order chi connectivity index (χ0) is 9.14. The fourth-order valence-corrected chi connectivity index (χ4v) is 1.22. The predicted octanol–water partition coefficient (Wildman–Crippen LogP) is 2.37. The molecule has 0 aromatic heterocycles. The second kappa shape index (κ2) is 3.70. The van der Waals surface area contributed by atoms with Crippen LogP contribution in [0.5, 0.6) is 0 Å². The summed E-state index contributed by atoms with van der Waals surface area (Å²) in [5, 5.41) is 17.9. The molecule has 3 heteroatoms. The Morgan fingerprint density at radius 3 is 2.75 bits per heavy atom. The fraction of sp³-hybridized carbons (Fsp3) is 0.222. The van der Waals surface area contributed by atoms with E-state index < -0.39 is 6.10 Å². The van der Waals surface area contributed by atoms with Gasteiger partial charge in [-0.25, -0.2) is 0 Å². The number of aliphatic hydroxyl groups excluding tert-OH is 1. The van der Waals surface area contributed by atoms with Gasteiger partial charge < -0.3 is 5.11 Å². The highest BCUT2D eigenvalue weighted by Crippen LogP contribution is 2.20. The third kappa shape index (κ3) is 1.84. The van der Waals surface area contributed by atoms with Gasteiger partial charge in [0.15, 0.2) is 0 Å². The number of nitrogens with zero attached hydrogens (tertiary/aromatic N) is 1. The molecule has 0 saturated heterocycles. The predicted molar refractivity (Wildman–Crippen MR) is 49.5 cm³/mol. The molecule has 0 amide bonds. The van der Waals surface area contributed by atoms with Gasteiger partial charge in [-0.15, -0.1) is 0 Å². The normalized spacial score (nSPS) is 12.2. The Morgan fingerprint density at radius 2 is 2.25 bits per heavy atom. The summed E-state index contributed by atoms with van der Waals surface area (Å²) in [5.74, 6) is 0. The van der Waals surface area contributed by atoms with Crippen molar-refractivity contribution in [2.24, 2.45) is 0 Å². The first-order chi connectivity index (χ1) is 5.65. The lowest BCUT2D eigenvalue weighted by Gasteiger charge is -2.04. The molecule has 1 aromatic carbocycles. The maximum absolute atomic E-state index is 9.21. The lowest BCUT2D eigenvalue weighted by atomic mass is 10.1. The molecule has 0 bridgehead atoms. The second-order valence-corrected chi connectivity index (χ2v) is 3.38. The molecule has 1 N–H and O–H groups in total. The smallest absolute Gasteiger partial charge is 0.100 e. The molecule has 1 unspecified atom stereocenters. The Labute approximate surface area is 79.6 Å². The van der Waals surface area contributed by atoms with Crippen LogP contribution in [0.2, 0.25) is 0 Å². The van der Waals surface area contributed by atoms with Gasteiger partial charge in [0.2, 0.25) is 0 Å². The Kier molecular flexibility index (Phi) is 2.85. The largest absolute Gasteiger partial charge is 0.389 e. The van der Waals surface area contributed by atoms with E-state index in [2.05, 4.69) is 15.9 Å². The molecule has 0 aliphatic rings. The molecule has 62 valence electrons. The molecule has 12 heavy (non-hydrogen) atoms. The topological polar surface area (TPSA) is 44.0 Å². The van der Waals surface area contributed by atoms with Crippen LogP contribution in [0, 0.1) is 11.3 Å². The van der Waals surface area contributed by atoms with E-state index in [1.54, 1.807) is 25.1 Å². The number of halogens is 1.